The van der Waals surface area contributed by atoms with Crippen LogP contribution in [-0.4, -0.2) is 31.2 Å². The molecular weight excluding hydrogens is 368 g/mol. The van der Waals surface area contributed by atoms with Gasteiger partial charge in [0, 0.05) is 31.1 Å². The second-order valence-corrected chi connectivity index (χ2v) is 7.39. The van der Waals surface area contributed by atoms with E-state index in [0.717, 1.165) is 5.56 Å². The third kappa shape index (κ3) is 4.04. The van der Waals surface area contributed by atoms with Crippen molar-refractivity contribution in [3.63, 3.8) is 0 Å². The van der Waals surface area contributed by atoms with Crippen molar-refractivity contribution in [3.05, 3.63) is 66.7 Å². The Balaban J connectivity index is 1.62. The molecule has 0 saturated heterocycles. The van der Waals surface area contributed by atoms with E-state index in [1.54, 1.807) is 35.4 Å². The van der Waals surface area contributed by atoms with Gasteiger partial charge in [-0.2, -0.15) is 13.1 Å². The number of anilines is 1. The molecule has 0 spiro atoms. The Morgan fingerprint density at radius 2 is 1.81 bits per heavy atom. The van der Waals surface area contributed by atoms with E-state index in [0.29, 0.717) is 36.1 Å². The first-order valence-corrected chi connectivity index (χ1v) is 9.82. The van der Waals surface area contributed by atoms with E-state index in [1.165, 1.54) is 0 Å². The van der Waals surface area contributed by atoms with Gasteiger partial charge in [0.1, 0.15) is 13.2 Å². The van der Waals surface area contributed by atoms with Gasteiger partial charge in [0.15, 0.2) is 11.5 Å². The molecule has 0 amide bonds. The van der Waals surface area contributed by atoms with Crippen LogP contribution in [0, 0.1) is 0 Å². The van der Waals surface area contributed by atoms with Crippen LogP contribution < -0.4 is 18.9 Å². The molecule has 0 unspecified atom stereocenters. The minimum Gasteiger partial charge on any atom is -0.486 e. The number of imidazole rings is 1. The van der Waals surface area contributed by atoms with Crippen LogP contribution in [0.3, 0.4) is 0 Å². The molecule has 1 aliphatic rings. The molecule has 0 bridgehead atoms. The van der Waals surface area contributed by atoms with Gasteiger partial charge in [-0.15, -0.1) is 0 Å². The second kappa shape index (κ2) is 7.29. The smallest absolute Gasteiger partial charge is 0.299 e. The van der Waals surface area contributed by atoms with Crippen molar-refractivity contribution in [1.29, 1.82) is 0 Å². The molecule has 1 aliphatic heterocycles. The van der Waals surface area contributed by atoms with E-state index in [2.05, 4.69) is 14.4 Å². The predicted molar refractivity (Wildman–Crippen MR) is 100 cm³/mol. The average Bonchev–Trinajstić information content (AvgIpc) is 3.21. The number of hydrogen-bond acceptors (Lipinski definition) is 5. The highest BCUT2D eigenvalue weighted by molar-refractivity contribution is 7.90. The zero-order chi connectivity index (χ0) is 18.7. The first kappa shape index (κ1) is 17.4. The number of nitrogens with one attached hydrogen (secondary N) is 2. The van der Waals surface area contributed by atoms with E-state index < -0.39 is 10.2 Å². The first-order valence-electron chi connectivity index (χ1n) is 8.34. The van der Waals surface area contributed by atoms with E-state index in [4.69, 9.17) is 9.47 Å². The monoisotopic (exact) mass is 386 g/mol. The summed E-state index contributed by atoms with van der Waals surface area (Å²) in [6.45, 7) is 1.04. The standard InChI is InChI=1S/C18H18N4O4S/c23-27(24,20-12-14-4-2-1-3-5-14)21-15-10-17-18(26-9-8-25-17)11-16(15)22-7-6-19-13-22/h1-7,10-11,13,20-21H,8-9,12H2. The van der Waals surface area contributed by atoms with Crippen molar-refractivity contribution in [2.45, 2.75) is 6.54 Å². The van der Waals surface area contributed by atoms with Crippen molar-refractivity contribution in [2.24, 2.45) is 0 Å². The van der Waals surface area contributed by atoms with E-state index in [9.17, 15) is 8.42 Å². The lowest BCUT2D eigenvalue weighted by Gasteiger charge is -2.22. The van der Waals surface area contributed by atoms with Gasteiger partial charge in [-0.3, -0.25) is 4.72 Å². The van der Waals surface area contributed by atoms with Crippen molar-refractivity contribution >= 4 is 15.9 Å². The molecule has 8 nitrogen and oxygen atoms in total. The predicted octanol–water partition coefficient (Wildman–Crippen LogP) is 2.09. The Kier molecular flexibility index (Phi) is 4.69. The lowest BCUT2D eigenvalue weighted by Crippen LogP contribution is -2.30. The molecule has 0 fully saturated rings. The molecule has 2 N–H and O–H groups in total. The van der Waals surface area contributed by atoms with Gasteiger partial charge in [0.05, 0.1) is 17.7 Å². The zero-order valence-corrected chi connectivity index (χ0v) is 15.1. The number of aromatic nitrogens is 2. The van der Waals surface area contributed by atoms with Gasteiger partial charge < -0.3 is 14.0 Å². The number of nitrogens with zero attached hydrogens (tertiary/aromatic N) is 2. The number of rotatable bonds is 6. The maximum Gasteiger partial charge on any atom is 0.299 e. The van der Waals surface area contributed by atoms with Gasteiger partial charge in [0.25, 0.3) is 10.2 Å². The van der Waals surface area contributed by atoms with Crippen molar-refractivity contribution in [1.82, 2.24) is 14.3 Å². The van der Waals surface area contributed by atoms with Crippen LogP contribution in [0.1, 0.15) is 5.56 Å². The zero-order valence-electron chi connectivity index (χ0n) is 14.3. The van der Waals surface area contributed by atoms with Crippen LogP contribution in [0.25, 0.3) is 5.69 Å². The quantitative estimate of drug-likeness (QED) is 0.677. The molecule has 9 heteroatoms. The molecule has 0 saturated carbocycles. The number of ether oxygens (including phenoxy) is 2. The van der Waals surface area contributed by atoms with Crippen LogP contribution in [0.4, 0.5) is 5.69 Å². The summed E-state index contributed by atoms with van der Waals surface area (Å²) < 4.78 is 43.1. The minimum absolute atomic E-state index is 0.182. The molecule has 4 rings (SSSR count). The van der Waals surface area contributed by atoms with E-state index >= 15 is 0 Å². The Bertz CT molecular complexity index is 1020. The molecular formula is C18H18N4O4S. The van der Waals surface area contributed by atoms with E-state index in [1.807, 2.05) is 30.3 Å². The van der Waals surface area contributed by atoms with Crippen molar-refractivity contribution < 1.29 is 17.9 Å². The lowest BCUT2D eigenvalue weighted by atomic mass is 10.2. The van der Waals surface area contributed by atoms with Crippen LogP contribution in [0.15, 0.2) is 61.2 Å². The average molecular weight is 386 g/mol. The molecule has 0 atom stereocenters. The van der Waals surface area contributed by atoms with Crippen LogP contribution >= 0.6 is 0 Å². The fourth-order valence-corrected chi connectivity index (χ4v) is 3.61. The molecule has 2 aromatic carbocycles. The Hall–Kier alpha value is -3.04. The summed E-state index contributed by atoms with van der Waals surface area (Å²) in [6, 6.07) is 12.6. The van der Waals surface area contributed by atoms with Crippen LogP contribution in [0.2, 0.25) is 0 Å². The first-order chi connectivity index (χ1) is 13.1. The highest BCUT2D eigenvalue weighted by Crippen LogP contribution is 2.37. The second-order valence-electron chi connectivity index (χ2n) is 5.90. The van der Waals surface area contributed by atoms with Gasteiger partial charge in [-0.1, -0.05) is 30.3 Å². The summed E-state index contributed by atoms with van der Waals surface area (Å²) in [5.74, 6) is 1.05. The third-order valence-corrected chi connectivity index (χ3v) is 5.01. The lowest BCUT2D eigenvalue weighted by molar-refractivity contribution is 0.171. The fraction of sp³-hybridized carbons (Fsp3) is 0.167. The summed E-state index contributed by atoms with van der Waals surface area (Å²) in [7, 11) is -3.80. The summed E-state index contributed by atoms with van der Waals surface area (Å²) in [4.78, 5) is 4.02. The maximum absolute atomic E-state index is 12.5. The Morgan fingerprint density at radius 1 is 1.07 bits per heavy atom. The highest BCUT2D eigenvalue weighted by Gasteiger charge is 2.20. The van der Waals surface area contributed by atoms with Gasteiger partial charge in [-0.05, 0) is 5.56 Å². The fourth-order valence-electron chi connectivity index (χ4n) is 2.73. The summed E-state index contributed by atoms with van der Waals surface area (Å²) in [5.41, 5.74) is 1.81. The molecule has 0 radical (unpaired) electrons. The van der Waals surface area contributed by atoms with Gasteiger partial charge >= 0.3 is 0 Å². The molecule has 1 aromatic heterocycles. The summed E-state index contributed by atoms with van der Waals surface area (Å²) >= 11 is 0. The van der Waals surface area contributed by atoms with Gasteiger partial charge in [-0.25, -0.2) is 4.98 Å². The summed E-state index contributed by atoms with van der Waals surface area (Å²) in [6.07, 6.45) is 4.92. The molecule has 0 aliphatic carbocycles. The largest absolute Gasteiger partial charge is 0.486 e. The number of benzene rings is 2. The van der Waals surface area contributed by atoms with Crippen molar-refractivity contribution in [2.75, 3.05) is 17.9 Å². The number of hydrogen-bond donors (Lipinski definition) is 2. The van der Waals surface area contributed by atoms with Crippen LogP contribution in [-0.2, 0) is 16.8 Å². The number of fused-ring (bicyclic) bond motifs is 1. The topological polar surface area (TPSA) is 94.5 Å². The third-order valence-electron chi connectivity index (χ3n) is 4.00. The molecule has 3 aromatic rings. The SMILES string of the molecule is O=S(=O)(NCc1ccccc1)Nc1cc2c(cc1-n1ccnc1)OCCO2. The molecule has 140 valence electrons. The summed E-state index contributed by atoms with van der Waals surface area (Å²) in [5, 5.41) is 0. The van der Waals surface area contributed by atoms with E-state index in [-0.39, 0.29) is 6.54 Å². The highest BCUT2D eigenvalue weighted by atomic mass is 32.2. The van der Waals surface area contributed by atoms with Crippen LogP contribution in [0.5, 0.6) is 11.5 Å². The molecule has 2 heterocycles. The van der Waals surface area contributed by atoms with Gasteiger partial charge in [0.2, 0.25) is 0 Å². The Labute approximate surface area is 156 Å². The molecule has 27 heavy (non-hydrogen) atoms. The normalized spacial score (nSPS) is 13.3. The Morgan fingerprint density at radius 3 is 2.52 bits per heavy atom. The minimum atomic E-state index is -3.80. The maximum atomic E-state index is 12.5. The van der Waals surface area contributed by atoms with Crippen molar-refractivity contribution in [3.8, 4) is 17.2 Å².